The average Bonchev–Trinajstić information content (AvgIpc) is 2.95. The summed E-state index contributed by atoms with van der Waals surface area (Å²) in [6.07, 6.45) is 2.47. The molecule has 0 spiro atoms. The molecule has 0 bridgehead atoms. The maximum atomic E-state index is 12.1. The largest absolute Gasteiger partial charge is 0.319 e. The number of sulfonamides is 1. The summed E-state index contributed by atoms with van der Waals surface area (Å²) in [6, 6.07) is 3.49. The monoisotopic (exact) mass is 317 g/mol. The van der Waals surface area contributed by atoms with E-state index in [2.05, 4.69) is 15.0 Å². The first-order valence-corrected chi connectivity index (χ1v) is 8.81. The topological polar surface area (TPSA) is 71.1 Å². The van der Waals surface area contributed by atoms with E-state index in [1.54, 1.807) is 12.3 Å². The van der Waals surface area contributed by atoms with Crippen molar-refractivity contribution in [3.8, 4) is 0 Å². The van der Waals surface area contributed by atoms with Crippen LogP contribution in [0.2, 0.25) is 0 Å². The minimum Gasteiger partial charge on any atom is -0.319 e. The van der Waals surface area contributed by atoms with Gasteiger partial charge in [0, 0.05) is 16.0 Å². The molecule has 0 aliphatic rings. The van der Waals surface area contributed by atoms with Gasteiger partial charge in [-0.15, -0.1) is 22.7 Å². The molecule has 5 nitrogen and oxygen atoms in total. The zero-order valence-electron chi connectivity index (χ0n) is 10.6. The Kier molecular flexibility index (Phi) is 4.56. The van der Waals surface area contributed by atoms with E-state index in [1.165, 1.54) is 22.7 Å². The van der Waals surface area contributed by atoms with Gasteiger partial charge < -0.3 is 5.32 Å². The van der Waals surface area contributed by atoms with E-state index < -0.39 is 10.0 Å². The molecule has 2 N–H and O–H groups in total. The number of rotatable bonds is 6. The standard InChI is InChI=1S/C11H15N3O2S3/c1-8-7-13-11(17-8)14-19(15,16)10-4-3-9(18-10)5-6-12-2/h3-4,7,12H,5-6H2,1-2H3,(H,13,14). The number of nitrogens with zero attached hydrogens (tertiary/aromatic N) is 1. The average molecular weight is 317 g/mol. The van der Waals surface area contributed by atoms with E-state index >= 15 is 0 Å². The third-order valence-corrected chi connectivity index (χ3v) is 6.30. The normalized spacial score (nSPS) is 11.7. The molecule has 104 valence electrons. The second-order valence-corrected chi connectivity index (χ2v) is 8.27. The van der Waals surface area contributed by atoms with Gasteiger partial charge in [-0.05, 0) is 39.1 Å². The van der Waals surface area contributed by atoms with Gasteiger partial charge in [-0.3, -0.25) is 4.72 Å². The SMILES string of the molecule is CNCCc1ccc(S(=O)(=O)Nc2ncc(C)s2)s1. The molecule has 0 unspecified atom stereocenters. The Bertz CT molecular complexity index is 646. The van der Waals surface area contributed by atoms with E-state index in [1.807, 2.05) is 20.0 Å². The summed E-state index contributed by atoms with van der Waals surface area (Å²) in [6.45, 7) is 2.72. The minimum absolute atomic E-state index is 0.325. The highest BCUT2D eigenvalue weighted by Crippen LogP contribution is 2.26. The molecule has 0 saturated carbocycles. The molecule has 0 aliphatic carbocycles. The van der Waals surface area contributed by atoms with Gasteiger partial charge in [0.05, 0.1) is 0 Å². The van der Waals surface area contributed by atoms with Crippen molar-refractivity contribution in [1.29, 1.82) is 0 Å². The molecule has 0 aliphatic heterocycles. The second kappa shape index (κ2) is 6.00. The van der Waals surface area contributed by atoms with Crippen LogP contribution in [0.1, 0.15) is 9.75 Å². The molecule has 2 heterocycles. The van der Waals surface area contributed by atoms with Crippen LogP contribution in [0, 0.1) is 6.92 Å². The van der Waals surface area contributed by atoms with Crippen LogP contribution in [0.15, 0.2) is 22.5 Å². The van der Waals surface area contributed by atoms with Crippen molar-refractivity contribution < 1.29 is 8.42 Å². The van der Waals surface area contributed by atoms with Crippen molar-refractivity contribution in [2.45, 2.75) is 17.6 Å². The fourth-order valence-electron chi connectivity index (χ4n) is 1.45. The van der Waals surface area contributed by atoms with Gasteiger partial charge in [0.1, 0.15) is 4.21 Å². The Hall–Kier alpha value is -0.960. The molecule has 0 radical (unpaired) electrons. The molecule has 2 aromatic heterocycles. The number of aryl methyl sites for hydroxylation is 1. The lowest BCUT2D eigenvalue weighted by Crippen LogP contribution is -2.11. The molecule has 0 aromatic carbocycles. The molecule has 8 heteroatoms. The quantitative estimate of drug-likeness (QED) is 0.855. The Morgan fingerprint density at radius 1 is 1.32 bits per heavy atom. The van der Waals surface area contributed by atoms with E-state index in [-0.39, 0.29) is 0 Å². The molecule has 0 saturated heterocycles. The summed E-state index contributed by atoms with van der Waals surface area (Å²) in [5, 5.41) is 3.45. The third-order valence-electron chi connectivity index (χ3n) is 2.37. The summed E-state index contributed by atoms with van der Waals surface area (Å²) >= 11 is 2.62. The number of hydrogen-bond donors (Lipinski definition) is 2. The third kappa shape index (κ3) is 3.75. The molecule has 0 amide bonds. The predicted octanol–water partition coefficient (Wildman–Crippen LogP) is 2.08. The highest BCUT2D eigenvalue weighted by molar-refractivity contribution is 7.94. The van der Waals surface area contributed by atoms with Crippen LogP contribution in [0.25, 0.3) is 0 Å². The van der Waals surface area contributed by atoms with Gasteiger partial charge in [-0.25, -0.2) is 13.4 Å². The maximum Gasteiger partial charge on any atom is 0.273 e. The molecule has 2 aromatic rings. The van der Waals surface area contributed by atoms with Gasteiger partial charge in [0.2, 0.25) is 0 Å². The summed E-state index contributed by atoms with van der Waals surface area (Å²) in [4.78, 5) is 6.02. The zero-order chi connectivity index (χ0) is 13.9. The smallest absolute Gasteiger partial charge is 0.273 e. The lowest BCUT2D eigenvalue weighted by Gasteiger charge is -2.01. The van der Waals surface area contributed by atoms with Crippen LogP contribution in [-0.2, 0) is 16.4 Å². The molecule has 19 heavy (non-hydrogen) atoms. The Morgan fingerprint density at radius 2 is 2.11 bits per heavy atom. The lowest BCUT2D eigenvalue weighted by molar-refractivity contribution is 0.603. The van der Waals surface area contributed by atoms with Crippen molar-refractivity contribution in [1.82, 2.24) is 10.3 Å². The zero-order valence-corrected chi connectivity index (χ0v) is 13.1. The highest BCUT2D eigenvalue weighted by Gasteiger charge is 2.18. The van der Waals surface area contributed by atoms with Crippen LogP contribution in [-0.4, -0.2) is 27.0 Å². The molecule has 2 rings (SSSR count). The van der Waals surface area contributed by atoms with E-state index in [9.17, 15) is 8.42 Å². The van der Waals surface area contributed by atoms with Crippen molar-refractivity contribution >= 4 is 37.8 Å². The summed E-state index contributed by atoms with van der Waals surface area (Å²) in [7, 11) is -1.64. The second-order valence-electron chi connectivity index (χ2n) is 3.96. The van der Waals surface area contributed by atoms with Crippen molar-refractivity contribution in [3.05, 3.63) is 28.1 Å². The number of thiazole rings is 1. The van der Waals surface area contributed by atoms with Crippen molar-refractivity contribution in [2.24, 2.45) is 0 Å². The van der Waals surface area contributed by atoms with Crippen LogP contribution < -0.4 is 10.0 Å². The fourth-order valence-corrected chi connectivity index (χ4v) is 4.71. The minimum atomic E-state index is -3.51. The fraction of sp³-hybridized carbons (Fsp3) is 0.364. The summed E-state index contributed by atoms with van der Waals surface area (Å²) in [5.74, 6) is 0. The van der Waals surface area contributed by atoms with Gasteiger partial charge >= 0.3 is 0 Å². The Morgan fingerprint density at radius 3 is 2.74 bits per heavy atom. The number of nitrogens with one attached hydrogen (secondary N) is 2. The molecule has 0 atom stereocenters. The van der Waals surface area contributed by atoms with Crippen LogP contribution in [0.5, 0.6) is 0 Å². The van der Waals surface area contributed by atoms with Gasteiger partial charge in [0.25, 0.3) is 10.0 Å². The molecular formula is C11H15N3O2S3. The van der Waals surface area contributed by atoms with E-state index in [0.29, 0.717) is 9.34 Å². The first-order valence-electron chi connectivity index (χ1n) is 5.70. The number of likely N-dealkylation sites (N-methyl/N-ethyl adjacent to an activating group) is 1. The number of thiophene rings is 1. The number of aromatic nitrogens is 1. The summed E-state index contributed by atoms with van der Waals surface area (Å²) in [5.41, 5.74) is 0. The van der Waals surface area contributed by atoms with Gasteiger partial charge in [-0.1, -0.05) is 0 Å². The van der Waals surface area contributed by atoms with Crippen LogP contribution in [0.3, 0.4) is 0 Å². The van der Waals surface area contributed by atoms with Crippen molar-refractivity contribution in [3.63, 3.8) is 0 Å². The Balaban J connectivity index is 2.13. The molecular weight excluding hydrogens is 302 g/mol. The van der Waals surface area contributed by atoms with Crippen molar-refractivity contribution in [2.75, 3.05) is 18.3 Å². The van der Waals surface area contributed by atoms with Crippen LogP contribution in [0.4, 0.5) is 5.13 Å². The molecule has 0 fully saturated rings. The number of anilines is 1. The predicted molar refractivity (Wildman–Crippen MR) is 79.6 cm³/mol. The van der Waals surface area contributed by atoms with E-state index in [0.717, 1.165) is 22.7 Å². The number of hydrogen-bond acceptors (Lipinski definition) is 6. The first-order chi connectivity index (χ1) is 9.01. The van der Waals surface area contributed by atoms with E-state index in [4.69, 9.17) is 0 Å². The first kappa shape index (κ1) is 14.4. The van der Waals surface area contributed by atoms with Gasteiger partial charge in [0.15, 0.2) is 5.13 Å². The Labute approximate surface area is 120 Å². The summed E-state index contributed by atoms with van der Waals surface area (Å²) < 4.78 is 27.1. The van der Waals surface area contributed by atoms with Gasteiger partial charge in [-0.2, -0.15) is 0 Å². The van der Waals surface area contributed by atoms with Crippen LogP contribution >= 0.6 is 22.7 Å². The maximum absolute atomic E-state index is 12.1. The lowest BCUT2D eigenvalue weighted by atomic mass is 10.3. The highest BCUT2D eigenvalue weighted by atomic mass is 32.2.